The van der Waals surface area contributed by atoms with Crippen LogP contribution in [0.5, 0.6) is 34.5 Å². The molecule has 6 aromatic heterocycles. The van der Waals surface area contributed by atoms with E-state index >= 15 is 0 Å². The molecule has 20 heteroatoms. The van der Waals surface area contributed by atoms with Gasteiger partial charge in [0.1, 0.15) is 34.3 Å². The van der Waals surface area contributed by atoms with Crippen molar-refractivity contribution in [2.45, 2.75) is 107 Å². The van der Waals surface area contributed by atoms with Crippen LogP contribution < -0.4 is 29.5 Å². The topological polar surface area (TPSA) is 284 Å². The van der Waals surface area contributed by atoms with Crippen LogP contribution in [0.4, 0.5) is 0 Å². The molecule has 6 aromatic carbocycles. The summed E-state index contributed by atoms with van der Waals surface area (Å²) < 4.78 is 22.5. The monoisotopic (exact) mass is 1340 g/mol. The molecule has 0 aliphatic rings. The van der Waals surface area contributed by atoms with E-state index in [4.69, 9.17) is 50.2 Å². The smallest absolute Gasteiger partial charge is 0.871 e. The summed E-state index contributed by atoms with van der Waals surface area (Å²) in [4.78, 5) is 28.3. The van der Waals surface area contributed by atoms with Crippen molar-refractivity contribution < 1.29 is 65.1 Å². The van der Waals surface area contributed by atoms with E-state index in [1.807, 2.05) is 109 Å². The van der Waals surface area contributed by atoms with Gasteiger partial charge in [-0.05, 0) is 90.0 Å². The van der Waals surface area contributed by atoms with E-state index in [1.165, 1.54) is 27.7 Å². The minimum atomic E-state index is -0.0674. The van der Waals surface area contributed by atoms with Gasteiger partial charge in [0, 0.05) is 65.5 Å². The second kappa shape index (κ2) is 36.4. The molecular weight excluding hydrogens is 1270 g/mol. The molecule has 0 saturated heterocycles. The van der Waals surface area contributed by atoms with Crippen molar-refractivity contribution in [3.63, 3.8) is 0 Å². The van der Waals surface area contributed by atoms with E-state index in [2.05, 4.69) is 49.4 Å². The van der Waals surface area contributed by atoms with E-state index in [9.17, 15) is 15.3 Å². The Balaban J connectivity index is 0.000000226. The zero-order chi connectivity index (χ0) is 65.1. The maximum absolute atomic E-state index is 12.2. The normalized spacial score (nSPS) is 10.0. The third-order valence-corrected chi connectivity index (χ3v) is 13.8. The molecular formula is C71H72LaN13O6. The van der Waals surface area contributed by atoms with Gasteiger partial charge in [-0.25, -0.2) is 29.9 Å². The third-order valence-electron chi connectivity index (χ3n) is 13.8. The second-order valence-corrected chi connectivity index (χ2v) is 19.9. The van der Waals surface area contributed by atoms with Crippen molar-refractivity contribution in [2.75, 3.05) is 21.3 Å². The van der Waals surface area contributed by atoms with Crippen LogP contribution in [0.1, 0.15) is 87.0 Å². The molecule has 6 heterocycles. The molecule has 0 fully saturated rings. The van der Waals surface area contributed by atoms with Crippen molar-refractivity contribution in [1.82, 2.24) is 43.6 Å². The molecule has 0 bridgehead atoms. The summed E-state index contributed by atoms with van der Waals surface area (Å²) in [6.07, 6.45) is 6.40. The fourth-order valence-corrected chi connectivity index (χ4v) is 9.66. The predicted molar refractivity (Wildman–Crippen MR) is 349 cm³/mol. The maximum Gasteiger partial charge on any atom is 3.00 e. The van der Waals surface area contributed by atoms with E-state index in [-0.39, 0.29) is 52.8 Å². The first-order chi connectivity index (χ1) is 43.8. The standard InChI is InChI=1S/3C21H21N3O2.4C2H3N.La/c3*1-3-4-12-24-18-11-9-15(26-2)13-17(18)23-21(24)16-10-8-14-6-5-7-19(25)20(14)22-16;4*1-2-3;/h3*5-11,13,25H,3-4,12H2,1-2H3;4*1H3;/q;;;;;;;+3/p-3. The van der Waals surface area contributed by atoms with Gasteiger partial charge in [-0.3, -0.25) is 0 Å². The van der Waals surface area contributed by atoms with Crippen LogP contribution in [0.15, 0.2) is 146 Å². The Morgan fingerprint density at radius 2 is 0.626 bits per heavy atom. The number of hydrogen-bond donors (Lipinski definition) is 0. The van der Waals surface area contributed by atoms with E-state index in [0.717, 1.165) is 142 Å². The molecule has 0 saturated carbocycles. The van der Waals surface area contributed by atoms with Gasteiger partial charge in [0.2, 0.25) is 0 Å². The van der Waals surface area contributed by atoms with Crippen molar-refractivity contribution in [3.05, 3.63) is 146 Å². The van der Waals surface area contributed by atoms with Gasteiger partial charge in [0.05, 0.1) is 95.3 Å². The predicted octanol–water partition coefficient (Wildman–Crippen LogP) is 14.5. The van der Waals surface area contributed by atoms with Crippen molar-refractivity contribution in [3.8, 4) is 93.3 Å². The number of rotatable bonds is 15. The molecule has 0 aliphatic carbocycles. The summed E-state index contributed by atoms with van der Waals surface area (Å²) in [6, 6.07) is 51.9. The maximum atomic E-state index is 12.2. The van der Waals surface area contributed by atoms with Crippen LogP contribution >= 0.6 is 0 Å². The largest absolute Gasteiger partial charge is 3.00 e. The Hall–Kier alpha value is -10.1. The van der Waals surface area contributed by atoms with Gasteiger partial charge in [-0.1, -0.05) is 130 Å². The number of nitrogens with zero attached hydrogens (tertiary/aromatic N) is 13. The molecule has 0 radical (unpaired) electrons. The summed E-state index contributed by atoms with van der Waals surface area (Å²) in [5.41, 5.74) is 9.34. The zero-order valence-electron chi connectivity index (χ0n) is 53.1. The summed E-state index contributed by atoms with van der Waals surface area (Å²) in [6.45, 7) is 14.8. The number of aromatic nitrogens is 9. The summed E-state index contributed by atoms with van der Waals surface area (Å²) in [5, 5.41) is 68.3. The zero-order valence-corrected chi connectivity index (χ0v) is 56.7. The van der Waals surface area contributed by atoms with Gasteiger partial charge in [-0.2, -0.15) is 21.0 Å². The summed E-state index contributed by atoms with van der Waals surface area (Å²) in [5.74, 6) is 4.48. The van der Waals surface area contributed by atoms with Crippen molar-refractivity contribution >= 4 is 65.8 Å². The van der Waals surface area contributed by atoms with Crippen LogP contribution in [0.2, 0.25) is 0 Å². The Kier molecular flexibility index (Phi) is 28.7. The van der Waals surface area contributed by atoms with Crippen LogP contribution in [0.3, 0.4) is 0 Å². The number of nitriles is 4. The number of imidazole rings is 3. The van der Waals surface area contributed by atoms with Gasteiger partial charge in [0.25, 0.3) is 0 Å². The Labute approximate surface area is 558 Å². The Morgan fingerprint density at radius 3 is 0.857 bits per heavy atom. The summed E-state index contributed by atoms with van der Waals surface area (Å²) in [7, 11) is 4.95. The number of pyridine rings is 3. The molecule has 0 aliphatic heterocycles. The van der Waals surface area contributed by atoms with Crippen molar-refractivity contribution in [2.24, 2.45) is 0 Å². The minimum Gasteiger partial charge on any atom is -0.871 e. The Bertz CT molecular complexity index is 4070. The molecule has 460 valence electrons. The summed E-state index contributed by atoms with van der Waals surface area (Å²) >= 11 is 0. The molecule has 12 aromatic rings. The molecule has 19 nitrogen and oxygen atoms in total. The number of para-hydroxylation sites is 3. The number of aryl methyl sites for hydroxylation is 3. The fraction of sp³-hybridized carbons (Fsp3) is 0.268. The average Bonchev–Trinajstić information content (AvgIpc) is 1.81. The molecule has 12 rings (SSSR count). The average molecular weight is 1340 g/mol. The molecule has 91 heavy (non-hydrogen) atoms. The first-order valence-electron chi connectivity index (χ1n) is 29.4. The molecule has 0 amide bonds. The number of unbranched alkanes of at least 4 members (excludes halogenated alkanes) is 3. The minimum absolute atomic E-state index is 0. The van der Waals surface area contributed by atoms with Gasteiger partial charge in [-0.15, -0.1) is 0 Å². The van der Waals surface area contributed by atoms with E-state index < -0.39 is 0 Å². The van der Waals surface area contributed by atoms with Gasteiger partial charge < -0.3 is 43.2 Å². The first kappa shape index (κ1) is 71.7. The number of hydrogen-bond acceptors (Lipinski definition) is 16. The van der Waals surface area contributed by atoms with Crippen LogP contribution in [-0.4, -0.2) is 64.9 Å². The van der Waals surface area contributed by atoms with Gasteiger partial charge >= 0.3 is 35.6 Å². The molecule has 0 N–H and O–H groups in total. The van der Waals surface area contributed by atoms with E-state index in [0.29, 0.717) is 33.6 Å². The molecule has 0 unspecified atom stereocenters. The van der Waals surface area contributed by atoms with Crippen LogP contribution in [0, 0.1) is 80.9 Å². The first-order valence-corrected chi connectivity index (χ1v) is 29.4. The Morgan fingerprint density at radius 1 is 0.374 bits per heavy atom. The number of ether oxygens (including phenoxy) is 3. The van der Waals surface area contributed by atoms with Crippen LogP contribution in [-0.2, 0) is 19.6 Å². The van der Waals surface area contributed by atoms with Gasteiger partial charge in [0.15, 0.2) is 17.5 Å². The quantitative estimate of drug-likeness (QED) is 0.0921. The number of benzene rings is 6. The number of methoxy groups -OCH3 is 3. The second-order valence-electron chi connectivity index (χ2n) is 19.9. The number of fused-ring (bicyclic) bond motifs is 6. The molecule has 0 atom stereocenters. The van der Waals surface area contributed by atoms with E-state index in [1.54, 1.807) is 82.0 Å². The van der Waals surface area contributed by atoms with Crippen LogP contribution in [0.25, 0.3) is 100 Å². The molecule has 0 spiro atoms. The fourth-order valence-electron chi connectivity index (χ4n) is 9.66. The third kappa shape index (κ3) is 18.1. The van der Waals surface area contributed by atoms with Crippen molar-refractivity contribution in [1.29, 1.82) is 21.0 Å². The SMILES string of the molecule is CC#N.CC#N.CC#N.CC#N.CCCCn1c(-c2ccc3cccc([O-])c3n2)nc2cc(OC)ccc21.CCCCn1c(-c2ccc3cccc([O-])c3n2)nc2cc(OC)ccc21.CCCCn1c(-c2ccc3cccc([O-])c3n2)nc2cc(OC)ccc21.[La+3].